The van der Waals surface area contributed by atoms with Gasteiger partial charge in [-0.05, 0) is 11.6 Å². The van der Waals surface area contributed by atoms with E-state index in [1.54, 1.807) is 0 Å². The molecule has 1 aromatic rings. The first kappa shape index (κ1) is 10.8. The van der Waals surface area contributed by atoms with Crippen LogP contribution in [0.2, 0.25) is 0 Å². The number of carbonyl (C=O) groups is 1. The predicted molar refractivity (Wildman–Crippen MR) is 52.2 cm³/mol. The van der Waals surface area contributed by atoms with E-state index in [0.29, 0.717) is 0 Å². The second-order valence-corrected chi connectivity index (χ2v) is 2.64. The summed E-state index contributed by atoms with van der Waals surface area (Å²) in [6.45, 7) is 0.438. The van der Waals surface area contributed by atoms with E-state index in [0.717, 1.165) is 0 Å². The Kier molecular flexibility index (Phi) is 3.93. The average molecular weight is 207 g/mol. The number of aromatic hydroxyl groups is 1. The van der Waals surface area contributed by atoms with Crippen LogP contribution < -0.4 is 5.32 Å². The van der Waals surface area contributed by atoms with Crippen molar-refractivity contribution < 1.29 is 9.90 Å². The number of amides is 1. The van der Waals surface area contributed by atoms with Gasteiger partial charge in [-0.25, -0.2) is 0 Å². The fraction of sp³-hybridized carbons (Fsp3) is 0.250. The molecule has 1 aromatic heterocycles. The highest BCUT2D eigenvalue weighted by atomic mass is 16.3. The van der Waals surface area contributed by atoms with Crippen molar-refractivity contribution in [3.63, 3.8) is 0 Å². The molecule has 0 radical (unpaired) electrons. The van der Waals surface area contributed by atoms with Gasteiger partial charge in [-0.2, -0.15) is 0 Å². The molecule has 0 unspecified atom stereocenters. The maximum Gasteiger partial charge on any atom is 0.252 e. The van der Waals surface area contributed by atoms with Crippen molar-refractivity contribution in [2.45, 2.75) is 0 Å². The Morgan fingerprint density at radius 3 is 3.13 bits per heavy atom. The molecule has 0 aromatic carbocycles. The van der Waals surface area contributed by atoms with Crippen molar-refractivity contribution in [3.05, 3.63) is 34.5 Å². The SMILES string of the molecule is [N-]=[N+]=NCCNC(=O)c1cncc(O)c1. The molecule has 1 amide bonds. The topological polar surface area (TPSA) is 111 Å². The van der Waals surface area contributed by atoms with Crippen molar-refractivity contribution >= 4 is 5.91 Å². The van der Waals surface area contributed by atoms with Gasteiger partial charge in [-0.3, -0.25) is 9.78 Å². The predicted octanol–water partition coefficient (Wildman–Crippen LogP) is 0.827. The van der Waals surface area contributed by atoms with E-state index >= 15 is 0 Å². The lowest BCUT2D eigenvalue weighted by Crippen LogP contribution is -2.25. The van der Waals surface area contributed by atoms with Gasteiger partial charge in [0.15, 0.2) is 0 Å². The van der Waals surface area contributed by atoms with E-state index in [2.05, 4.69) is 20.3 Å². The summed E-state index contributed by atoms with van der Waals surface area (Å²) in [6, 6.07) is 1.30. The summed E-state index contributed by atoms with van der Waals surface area (Å²) in [5.74, 6) is -0.441. The van der Waals surface area contributed by atoms with Crippen LogP contribution in [0.3, 0.4) is 0 Å². The van der Waals surface area contributed by atoms with Gasteiger partial charge in [0.05, 0.1) is 11.8 Å². The molecular weight excluding hydrogens is 198 g/mol. The van der Waals surface area contributed by atoms with Crippen LogP contribution in [0.1, 0.15) is 10.4 Å². The molecule has 15 heavy (non-hydrogen) atoms. The molecule has 0 atom stereocenters. The normalized spacial score (nSPS) is 9.07. The van der Waals surface area contributed by atoms with E-state index < -0.39 is 0 Å². The Morgan fingerprint density at radius 2 is 2.47 bits per heavy atom. The molecule has 1 heterocycles. The van der Waals surface area contributed by atoms with Gasteiger partial charge in [0.1, 0.15) is 5.75 Å². The molecule has 2 N–H and O–H groups in total. The molecule has 1 rings (SSSR count). The summed E-state index contributed by atoms with van der Waals surface area (Å²) in [5.41, 5.74) is 8.25. The highest BCUT2D eigenvalue weighted by Crippen LogP contribution is 2.07. The first-order valence-corrected chi connectivity index (χ1v) is 4.17. The van der Waals surface area contributed by atoms with Gasteiger partial charge in [0.2, 0.25) is 0 Å². The Balaban J connectivity index is 2.50. The van der Waals surface area contributed by atoms with Crippen molar-refractivity contribution in [1.82, 2.24) is 10.3 Å². The summed E-state index contributed by atoms with van der Waals surface area (Å²) in [7, 11) is 0. The number of carbonyl (C=O) groups excluding carboxylic acids is 1. The average Bonchev–Trinajstić information content (AvgIpc) is 2.24. The minimum Gasteiger partial charge on any atom is -0.506 e. The Morgan fingerprint density at radius 1 is 1.67 bits per heavy atom. The number of aromatic nitrogens is 1. The molecule has 0 aliphatic heterocycles. The van der Waals surface area contributed by atoms with E-state index in [1.807, 2.05) is 0 Å². The second kappa shape index (κ2) is 5.46. The van der Waals surface area contributed by atoms with Crippen LogP contribution in [0.5, 0.6) is 5.75 Å². The summed E-state index contributed by atoms with van der Waals surface area (Å²) < 4.78 is 0. The number of nitrogens with one attached hydrogen (secondary N) is 1. The lowest BCUT2D eigenvalue weighted by atomic mass is 10.2. The molecular formula is C8H9N5O2. The van der Waals surface area contributed by atoms with Crippen molar-refractivity contribution in [2.24, 2.45) is 5.11 Å². The standard InChI is InChI=1S/C8H9N5O2/c9-13-12-2-1-11-8(15)6-3-7(14)5-10-4-6/h3-5,14H,1-2H2,(H,11,15). The van der Waals surface area contributed by atoms with Crippen LogP contribution in [0.4, 0.5) is 0 Å². The van der Waals surface area contributed by atoms with E-state index in [1.165, 1.54) is 18.5 Å². The number of hydrogen-bond acceptors (Lipinski definition) is 4. The van der Waals surface area contributed by atoms with Crippen LogP contribution in [-0.2, 0) is 0 Å². The largest absolute Gasteiger partial charge is 0.506 e. The van der Waals surface area contributed by atoms with E-state index in [9.17, 15) is 4.79 Å². The summed E-state index contributed by atoms with van der Waals surface area (Å²) in [4.78, 5) is 17.6. The highest BCUT2D eigenvalue weighted by Gasteiger charge is 2.04. The molecule has 0 aliphatic carbocycles. The van der Waals surface area contributed by atoms with Gasteiger partial charge in [0.25, 0.3) is 5.91 Å². The number of azide groups is 1. The zero-order valence-corrected chi connectivity index (χ0v) is 7.79. The molecule has 0 aliphatic rings. The molecule has 7 nitrogen and oxygen atoms in total. The first-order valence-electron chi connectivity index (χ1n) is 4.17. The minimum absolute atomic E-state index is 0.0716. The lowest BCUT2D eigenvalue weighted by molar-refractivity contribution is 0.0954. The zero-order valence-electron chi connectivity index (χ0n) is 7.79. The third kappa shape index (κ3) is 3.53. The Bertz CT molecular complexity index is 400. The van der Waals surface area contributed by atoms with Crippen molar-refractivity contribution in [2.75, 3.05) is 13.1 Å². The van der Waals surface area contributed by atoms with Crippen LogP contribution in [-0.4, -0.2) is 29.1 Å². The molecule has 78 valence electrons. The van der Waals surface area contributed by atoms with Gasteiger partial charge < -0.3 is 10.4 Å². The van der Waals surface area contributed by atoms with E-state index in [-0.39, 0.29) is 30.3 Å². The summed E-state index contributed by atoms with van der Waals surface area (Å²) >= 11 is 0. The molecule has 0 spiro atoms. The molecule has 0 bridgehead atoms. The van der Waals surface area contributed by atoms with Gasteiger partial charge in [-0.1, -0.05) is 5.11 Å². The van der Waals surface area contributed by atoms with Crippen molar-refractivity contribution in [3.8, 4) is 5.75 Å². The Hall–Kier alpha value is -2.27. The third-order valence-corrected chi connectivity index (χ3v) is 1.55. The maximum atomic E-state index is 11.4. The highest BCUT2D eigenvalue weighted by molar-refractivity contribution is 5.94. The molecule has 7 heteroatoms. The first-order chi connectivity index (χ1) is 7.24. The van der Waals surface area contributed by atoms with Crippen LogP contribution in [0, 0.1) is 0 Å². The summed E-state index contributed by atoms with van der Waals surface area (Å²) in [5, 5.41) is 14.8. The van der Waals surface area contributed by atoms with E-state index in [4.69, 9.17) is 10.6 Å². The number of pyridine rings is 1. The fourth-order valence-corrected chi connectivity index (χ4v) is 0.918. The lowest BCUT2D eigenvalue weighted by Gasteiger charge is -2.02. The fourth-order valence-electron chi connectivity index (χ4n) is 0.918. The number of nitrogens with zero attached hydrogens (tertiary/aromatic N) is 4. The minimum atomic E-state index is -0.369. The van der Waals surface area contributed by atoms with Gasteiger partial charge >= 0.3 is 0 Å². The molecule has 0 fully saturated rings. The van der Waals surface area contributed by atoms with Crippen molar-refractivity contribution in [1.29, 1.82) is 0 Å². The monoisotopic (exact) mass is 207 g/mol. The Labute approximate surface area is 85.4 Å². The quantitative estimate of drug-likeness (QED) is 0.330. The van der Waals surface area contributed by atoms with Gasteiger partial charge in [0, 0.05) is 24.2 Å². The molecule has 0 saturated carbocycles. The second-order valence-electron chi connectivity index (χ2n) is 2.64. The smallest absolute Gasteiger partial charge is 0.252 e. The van der Waals surface area contributed by atoms with Gasteiger partial charge in [-0.15, -0.1) is 0 Å². The van der Waals surface area contributed by atoms with Crippen LogP contribution >= 0.6 is 0 Å². The van der Waals surface area contributed by atoms with Crippen LogP contribution in [0.25, 0.3) is 10.4 Å². The van der Waals surface area contributed by atoms with Crippen LogP contribution in [0.15, 0.2) is 23.6 Å². The zero-order chi connectivity index (χ0) is 11.1. The summed E-state index contributed by atoms with van der Waals surface area (Å²) in [6.07, 6.45) is 2.57. The number of hydrogen-bond donors (Lipinski definition) is 2. The molecule has 0 saturated heterocycles. The third-order valence-electron chi connectivity index (χ3n) is 1.55. The maximum absolute atomic E-state index is 11.4. The number of rotatable bonds is 4.